The number of benzene rings is 1. The molecule has 0 aromatic heterocycles. The summed E-state index contributed by atoms with van der Waals surface area (Å²) in [6.45, 7) is 0. The lowest BCUT2D eigenvalue weighted by Crippen LogP contribution is -2.07. The monoisotopic (exact) mass is 272 g/mol. The second kappa shape index (κ2) is 4.54. The van der Waals surface area contributed by atoms with Gasteiger partial charge in [0.15, 0.2) is 0 Å². The first kappa shape index (κ1) is 13.2. The smallest absolute Gasteiger partial charge is 0.456 e. The molecule has 0 heterocycles. The van der Waals surface area contributed by atoms with Crippen LogP contribution in [0, 0.1) is 0 Å². The zero-order valence-corrected chi connectivity index (χ0v) is 9.62. The SMILES string of the molecule is COc1cccc(S(=O)(=O)SC(F)(F)F)c1. The standard InChI is InChI=1S/C8H7F3O3S2/c1-14-6-3-2-4-7(5-6)16(12,13)15-8(9,10)11/h2-5H,1H3. The second-order valence-electron chi connectivity index (χ2n) is 2.66. The molecule has 0 N–H and O–H groups in total. The van der Waals surface area contributed by atoms with Crippen molar-refractivity contribution in [2.24, 2.45) is 0 Å². The Morgan fingerprint density at radius 3 is 2.44 bits per heavy atom. The minimum Gasteiger partial charge on any atom is -0.497 e. The predicted molar refractivity (Wildman–Crippen MR) is 53.8 cm³/mol. The Morgan fingerprint density at radius 2 is 1.94 bits per heavy atom. The highest BCUT2D eigenvalue weighted by atomic mass is 33.1. The maximum Gasteiger partial charge on any atom is 0.456 e. The highest BCUT2D eigenvalue weighted by molar-refractivity contribution is 8.72. The number of ether oxygens (including phenoxy) is 1. The molecule has 0 unspecified atom stereocenters. The largest absolute Gasteiger partial charge is 0.497 e. The average Bonchev–Trinajstić information content (AvgIpc) is 2.14. The van der Waals surface area contributed by atoms with Crippen LogP contribution in [0.2, 0.25) is 0 Å². The lowest BCUT2D eigenvalue weighted by Gasteiger charge is -2.07. The summed E-state index contributed by atoms with van der Waals surface area (Å²) in [5.74, 6) is 0.184. The summed E-state index contributed by atoms with van der Waals surface area (Å²) >= 11 is 0. The lowest BCUT2D eigenvalue weighted by atomic mass is 10.3. The molecule has 0 aliphatic carbocycles. The van der Waals surface area contributed by atoms with Crippen molar-refractivity contribution < 1.29 is 26.3 Å². The van der Waals surface area contributed by atoms with Gasteiger partial charge < -0.3 is 4.74 Å². The molecule has 1 rings (SSSR count). The van der Waals surface area contributed by atoms with E-state index in [4.69, 9.17) is 4.74 Å². The van der Waals surface area contributed by atoms with Crippen LogP contribution in [0.4, 0.5) is 13.2 Å². The van der Waals surface area contributed by atoms with Gasteiger partial charge in [0.2, 0.25) is 8.87 Å². The van der Waals surface area contributed by atoms with Gasteiger partial charge in [-0.25, -0.2) is 8.42 Å². The van der Waals surface area contributed by atoms with Gasteiger partial charge in [-0.2, -0.15) is 13.2 Å². The predicted octanol–water partition coefficient (Wildman–Crippen LogP) is 2.64. The van der Waals surface area contributed by atoms with E-state index in [0.717, 1.165) is 12.1 Å². The fourth-order valence-corrected chi connectivity index (χ4v) is 3.13. The van der Waals surface area contributed by atoms with Gasteiger partial charge in [-0.05, 0) is 18.2 Å². The Hall–Kier alpha value is -0.890. The minimum atomic E-state index is -4.83. The summed E-state index contributed by atoms with van der Waals surface area (Å²) in [5, 5.41) is 0. The van der Waals surface area contributed by atoms with E-state index < -0.39 is 30.1 Å². The highest BCUT2D eigenvalue weighted by Gasteiger charge is 2.37. The molecule has 0 bridgehead atoms. The van der Waals surface area contributed by atoms with Gasteiger partial charge in [0.05, 0.1) is 22.8 Å². The minimum absolute atomic E-state index is 0.184. The Balaban J connectivity index is 3.08. The molecule has 1 aromatic rings. The third kappa shape index (κ3) is 3.60. The summed E-state index contributed by atoms with van der Waals surface area (Å²) in [7, 11) is -4.20. The van der Waals surface area contributed by atoms with Crippen molar-refractivity contribution in [3.63, 3.8) is 0 Å². The summed E-state index contributed by atoms with van der Waals surface area (Å²) in [4.78, 5) is -0.436. The van der Waals surface area contributed by atoms with Gasteiger partial charge in [0.1, 0.15) is 5.75 Å². The molecular formula is C8H7F3O3S2. The van der Waals surface area contributed by atoms with Crippen LogP contribution in [0.5, 0.6) is 5.75 Å². The van der Waals surface area contributed by atoms with E-state index in [1.165, 1.54) is 19.2 Å². The van der Waals surface area contributed by atoms with E-state index in [9.17, 15) is 21.6 Å². The Kier molecular flexibility index (Phi) is 3.74. The molecule has 0 saturated heterocycles. The van der Waals surface area contributed by atoms with Crippen molar-refractivity contribution in [2.45, 2.75) is 10.4 Å². The molecule has 0 fully saturated rings. The van der Waals surface area contributed by atoms with Crippen LogP contribution >= 0.6 is 10.8 Å². The third-order valence-electron chi connectivity index (χ3n) is 1.53. The van der Waals surface area contributed by atoms with Crippen LogP contribution in [0.3, 0.4) is 0 Å². The van der Waals surface area contributed by atoms with Crippen LogP contribution in [-0.4, -0.2) is 21.0 Å². The van der Waals surface area contributed by atoms with Crippen molar-refractivity contribution in [1.29, 1.82) is 0 Å². The quantitative estimate of drug-likeness (QED) is 0.793. The molecule has 0 aliphatic rings. The zero-order valence-electron chi connectivity index (χ0n) is 7.98. The number of hydrogen-bond donors (Lipinski definition) is 0. The number of alkyl halides is 3. The molecule has 0 amide bonds. The maximum absolute atomic E-state index is 12.0. The van der Waals surface area contributed by atoms with Gasteiger partial charge in [-0.3, -0.25) is 0 Å². The molecule has 16 heavy (non-hydrogen) atoms. The Labute approximate surface area is 93.9 Å². The van der Waals surface area contributed by atoms with E-state index in [-0.39, 0.29) is 5.75 Å². The highest BCUT2D eigenvalue weighted by Crippen LogP contribution is 2.39. The van der Waals surface area contributed by atoms with E-state index in [2.05, 4.69) is 0 Å². The van der Waals surface area contributed by atoms with Crippen molar-refractivity contribution in [2.75, 3.05) is 7.11 Å². The topological polar surface area (TPSA) is 43.4 Å². The second-order valence-corrected chi connectivity index (χ2v) is 6.49. The molecule has 0 saturated carbocycles. The van der Waals surface area contributed by atoms with E-state index >= 15 is 0 Å². The third-order valence-corrected chi connectivity index (χ3v) is 4.58. The number of methoxy groups -OCH3 is 1. The number of rotatable bonds is 3. The van der Waals surface area contributed by atoms with Crippen LogP contribution in [0.1, 0.15) is 0 Å². The van der Waals surface area contributed by atoms with Crippen molar-refractivity contribution >= 4 is 19.7 Å². The number of halogens is 3. The number of hydrogen-bond acceptors (Lipinski definition) is 4. The van der Waals surface area contributed by atoms with Crippen molar-refractivity contribution in [3.8, 4) is 5.75 Å². The fourth-order valence-electron chi connectivity index (χ4n) is 0.929. The lowest BCUT2D eigenvalue weighted by molar-refractivity contribution is -0.0312. The zero-order chi connectivity index (χ0) is 12.4. The molecular weight excluding hydrogens is 265 g/mol. The first-order valence-corrected chi connectivity index (χ1v) is 6.73. The van der Waals surface area contributed by atoms with Crippen LogP contribution in [0.15, 0.2) is 29.2 Å². The van der Waals surface area contributed by atoms with E-state index in [1.54, 1.807) is 0 Å². The van der Waals surface area contributed by atoms with Gasteiger partial charge in [0, 0.05) is 0 Å². The van der Waals surface area contributed by atoms with E-state index in [1.807, 2.05) is 0 Å². The summed E-state index contributed by atoms with van der Waals surface area (Å²) in [6, 6.07) is 4.87. The van der Waals surface area contributed by atoms with Crippen LogP contribution < -0.4 is 4.74 Å². The van der Waals surface area contributed by atoms with Gasteiger partial charge in [-0.1, -0.05) is 6.07 Å². The van der Waals surface area contributed by atoms with Crippen LogP contribution in [-0.2, 0) is 8.87 Å². The average molecular weight is 272 g/mol. The van der Waals surface area contributed by atoms with Gasteiger partial charge in [-0.15, -0.1) is 0 Å². The molecule has 0 spiro atoms. The maximum atomic E-state index is 12.0. The van der Waals surface area contributed by atoms with E-state index in [0.29, 0.717) is 0 Å². The fraction of sp³-hybridized carbons (Fsp3) is 0.250. The first-order chi connectivity index (χ1) is 7.24. The molecule has 1 aromatic carbocycles. The van der Waals surface area contributed by atoms with Gasteiger partial charge in [0.25, 0.3) is 0 Å². The normalized spacial score (nSPS) is 12.5. The molecule has 0 radical (unpaired) electrons. The molecule has 0 atom stereocenters. The Morgan fingerprint density at radius 1 is 1.31 bits per heavy atom. The summed E-state index contributed by atoms with van der Waals surface area (Å²) in [6.07, 6.45) is 0. The Bertz CT molecular complexity index is 468. The van der Waals surface area contributed by atoms with Crippen molar-refractivity contribution in [1.82, 2.24) is 0 Å². The van der Waals surface area contributed by atoms with Crippen molar-refractivity contribution in [3.05, 3.63) is 24.3 Å². The molecule has 8 heteroatoms. The molecule has 0 aliphatic heterocycles. The first-order valence-electron chi connectivity index (χ1n) is 3.91. The van der Waals surface area contributed by atoms with Crippen LogP contribution in [0.25, 0.3) is 0 Å². The summed E-state index contributed by atoms with van der Waals surface area (Å²) < 4.78 is 63.2. The molecule has 90 valence electrons. The van der Waals surface area contributed by atoms with Gasteiger partial charge >= 0.3 is 5.51 Å². The summed E-state index contributed by atoms with van der Waals surface area (Å²) in [5.41, 5.74) is -4.83. The molecule has 3 nitrogen and oxygen atoms in total.